The zero-order valence-electron chi connectivity index (χ0n) is 12.8. The van der Waals surface area contributed by atoms with Gasteiger partial charge in [0.2, 0.25) is 5.91 Å². The van der Waals surface area contributed by atoms with E-state index in [0.29, 0.717) is 12.5 Å². The van der Waals surface area contributed by atoms with Gasteiger partial charge in [0.15, 0.2) is 0 Å². The number of phenols is 1. The molecule has 1 aliphatic rings. The summed E-state index contributed by atoms with van der Waals surface area (Å²) in [4.78, 5) is 16.5. The van der Waals surface area contributed by atoms with E-state index in [9.17, 15) is 9.90 Å². The summed E-state index contributed by atoms with van der Waals surface area (Å²) < 4.78 is 0. The fraction of sp³-hybridized carbons (Fsp3) is 0.562. The van der Waals surface area contributed by atoms with Gasteiger partial charge in [-0.15, -0.1) is 0 Å². The third-order valence-electron chi connectivity index (χ3n) is 4.15. The van der Waals surface area contributed by atoms with Crippen LogP contribution in [0.15, 0.2) is 24.3 Å². The molecular weight excluding hydrogens is 266 g/mol. The van der Waals surface area contributed by atoms with Crippen LogP contribution in [-0.4, -0.2) is 60.1 Å². The molecule has 1 aliphatic heterocycles. The summed E-state index contributed by atoms with van der Waals surface area (Å²) in [6.07, 6.45) is 2.66. The first kappa shape index (κ1) is 15.8. The Hall–Kier alpha value is -1.59. The molecule has 5 heteroatoms. The molecule has 3 N–H and O–H groups in total. The van der Waals surface area contributed by atoms with Gasteiger partial charge in [-0.25, -0.2) is 0 Å². The molecule has 1 heterocycles. The predicted molar refractivity (Wildman–Crippen MR) is 83.1 cm³/mol. The SMILES string of the molecule is CN(C)C1CCCN(C(=O)[C@H](N)Cc2ccc(O)cc2)C1. The largest absolute Gasteiger partial charge is 0.508 e. The van der Waals surface area contributed by atoms with Crippen LogP contribution < -0.4 is 5.73 Å². The molecule has 1 fully saturated rings. The van der Waals surface area contributed by atoms with Crippen LogP contribution in [0.2, 0.25) is 0 Å². The summed E-state index contributed by atoms with van der Waals surface area (Å²) >= 11 is 0. The minimum absolute atomic E-state index is 0.0228. The molecule has 1 aromatic carbocycles. The topological polar surface area (TPSA) is 69.8 Å². The van der Waals surface area contributed by atoms with Gasteiger partial charge in [0.05, 0.1) is 6.04 Å². The number of nitrogens with zero attached hydrogens (tertiary/aromatic N) is 2. The second kappa shape index (κ2) is 6.91. The molecule has 0 saturated carbocycles. The molecule has 1 unspecified atom stereocenters. The van der Waals surface area contributed by atoms with E-state index in [1.54, 1.807) is 24.3 Å². The van der Waals surface area contributed by atoms with E-state index in [2.05, 4.69) is 19.0 Å². The lowest BCUT2D eigenvalue weighted by Crippen LogP contribution is -2.52. The Morgan fingerprint density at radius 2 is 2.10 bits per heavy atom. The van der Waals surface area contributed by atoms with Gasteiger partial charge in [-0.05, 0) is 51.1 Å². The Kier molecular flexibility index (Phi) is 5.20. The van der Waals surface area contributed by atoms with Crippen molar-refractivity contribution in [3.05, 3.63) is 29.8 Å². The van der Waals surface area contributed by atoms with Crippen molar-refractivity contribution in [3.63, 3.8) is 0 Å². The van der Waals surface area contributed by atoms with E-state index in [1.807, 2.05) is 4.90 Å². The Bertz CT molecular complexity index is 473. The van der Waals surface area contributed by atoms with Gasteiger partial charge < -0.3 is 20.6 Å². The number of benzene rings is 1. The minimum Gasteiger partial charge on any atom is -0.508 e. The van der Waals surface area contributed by atoms with Gasteiger partial charge in [0.25, 0.3) is 0 Å². The first-order chi connectivity index (χ1) is 9.97. The first-order valence-corrected chi connectivity index (χ1v) is 7.46. The van der Waals surface area contributed by atoms with Crippen molar-refractivity contribution in [1.29, 1.82) is 0 Å². The van der Waals surface area contributed by atoms with Crippen LogP contribution in [-0.2, 0) is 11.2 Å². The lowest BCUT2D eigenvalue weighted by atomic mass is 10.0. The summed E-state index contributed by atoms with van der Waals surface area (Å²) in [6, 6.07) is 6.76. The van der Waals surface area contributed by atoms with Crippen molar-refractivity contribution in [2.45, 2.75) is 31.3 Å². The van der Waals surface area contributed by atoms with E-state index in [0.717, 1.165) is 31.5 Å². The number of likely N-dealkylation sites (N-methyl/N-ethyl adjacent to an activating group) is 1. The summed E-state index contributed by atoms with van der Waals surface area (Å²) in [5, 5.41) is 9.27. The highest BCUT2D eigenvalue weighted by Gasteiger charge is 2.27. The molecule has 0 aliphatic carbocycles. The van der Waals surface area contributed by atoms with E-state index in [4.69, 9.17) is 5.73 Å². The number of aromatic hydroxyl groups is 1. The predicted octanol–water partition coefficient (Wildman–Crippen LogP) is 0.815. The number of amides is 1. The van der Waals surface area contributed by atoms with Crippen LogP contribution in [0.5, 0.6) is 5.75 Å². The second-order valence-electron chi connectivity index (χ2n) is 6.02. The maximum atomic E-state index is 12.5. The second-order valence-corrected chi connectivity index (χ2v) is 6.02. The van der Waals surface area contributed by atoms with Gasteiger partial charge in [-0.2, -0.15) is 0 Å². The van der Waals surface area contributed by atoms with Crippen molar-refractivity contribution in [2.75, 3.05) is 27.2 Å². The quantitative estimate of drug-likeness (QED) is 0.861. The number of piperidine rings is 1. The molecule has 0 spiro atoms. The number of rotatable bonds is 4. The lowest BCUT2D eigenvalue weighted by molar-refractivity contribution is -0.134. The van der Waals surface area contributed by atoms with E-state index in [-0.39, 0.29) is 11.7 Å². The Morgan fingerprint density at radius 3 is 2.71 bits per heavy atom. The minimum atomic E-state index is -0.518. The number of nitrogens with two attached hydrogens (primary N) is 1. The number of hydrogen-bond acceptors (Lipinski definition) is 4. The monoisotopic (exact) mass is 291 g/mol. The Balaban J connectivity index is 1.93. The standard InChI is InChI=1S/C16H25N3O2/c1-18(2)13-4-3-9-19(11-13)16(21)15(17)10-12-5-7-14(20)8-6-12/h5-8,13,15,20H,3-4,9-11,17H2,1-2H3/t13?,15-/m1/s1. The molecule has 1 aromatic rings. The summed E-state index contributed by atoms with van der Waals surface area (Å²) in [7, 11) is 4.10. The number of hydrogen-bond donors (Lipinski definition) is 2. The first-order valence-electron chi connectivity index (χ1n) is 7.46. The molecule has 2 rings (SSSR count). The highest BCUT2D eigenvalue weighted by atomic mass is 16.3. The number of carbonyl (C=O) groups excluding carboxylic acids is 1. The van der Waals surface area contributed by atoms with Gasteiger partial charge in [0.1, 0.15) is 5.75 Å². The van der Waals surface area contributed by atoms with Crippen molar-refractivity contribution in [1.82, 2.24) is 9.80 Å². The highest BCUT2D eigenvalue weighted by molar-refractivity contribution is 5.82. The van der Waals surface area contributed by atoms with Crippen molar-refractivity contribution < 1.29 is 9.90 Å². The van der Waals surface area contributed by atoms with Crippen LogP contribution >= 0.6 is 0 Å². The van der Waals surface area contributed by atoms with E-state index >= 15 is 0 Å². The molecule has 21 heavy (non-hydrogen) atoms. The molecule has 1 saturated heterocycles. The number of likely N-dealkylation sites (tertiary alicyclic amines) is 1. The third kappa shape index (κ3) is 4.19. The van der Waals surface area contributed by atoms with Crippen LogP contribution in [0.25, 0.3) is 0 Å². The van der Waals surface area contributed by atoms with Crippen molar-refractivity contribution in [2.24, 2.45) is 5.73 Å². The average molecular weight is 291 g/mol. The molecule has 116 valence electrons. The number of phenolic OH excluding ortho intramolecular Hbond substituents is 1. The fourth-order valence-electron chi connectivity index (χ4n) is 2.78. The summed E-state index contributed by atoms with van der Waals surface area (Å²) in [6.45, 7) is 1.56. The van der Waals surface area contributed by atoms with Gasteiger partial charge in [0, 0.05) is 19.1 Å². The van der Waals surface area contributed by atoms with Crippen LogP contribution in [0.4, 0.5) is 0 Å². The molecule has 0 bridgehead atoms. The smallest absolute Gasteiger partial charge is 0.239 e. The molecule has 2 atom stereocenters. The van der Waals surface area contributed by atoms with Gasteiger partial charge in [-0.3, -0.25) is 4.79 Å². The van der Waals surface area contributed by atoms with Gasteiger partial charge >= 0.3 is 0 Å². The zero-order chi connectivity index (χ0) is 15.4. The van der Waals surface area contributed by atoms with E-state index in [1.165, 1.54) is 0 Å². The highest BCUT2D eigenvalue weighted by Crippen LogP contribution is 2.16. The van der Waals surface area contributed by atoms with Crippen LogP contribution in [0.3, 0.4) is 0 Å². The summed E-state index contributed by atoms with van der Waals surface area (Å²) in [5.41, 5.74) is 7.04. The van der Waals surface area contributed by atoms with Crippen molar-refractivity contribution >= 4 is 5.91 Å². The molecule has 1 amide bonds. The molecular formula is C16H25N3O2. The van der Waals surface area contributed by atoms with E-state index < -0.39 is 6.04 Å². The number of carbonyl (C=O) groups is 1. The van der Waals surface area contributed by atoms with Crippen LogP contribution in [0, 0.1) is 0 Å². The Labute approximate surface area is 126 Å². The average Bonchev–Trinajstić information content (AvgIpc) is 2.49. The third-order valence-corrected chi connectivity index (χ3v) is 4.15. The summed E-state index contributed by atoms with van der Waals surface area (Å²) in [5.74, 6) is 0.248. The lowest BCUT2D eigenvalue weighted by Gasteiger charge is -2.37. The Morgan fingerprint density at radius 1 is 1.43 bits per heavy atom. The molecule has 5 nitrogen and oxygen atoms in total. The maximum absolute atomic E-state index is 12.5. The van der Waals surface area contributed by atoms with Crippen LogP contribution in [0.1, 0.15) is 18.4 Å². The van der Waals surface area contributed by atoms with Crippen molar-refractivity contribution in [3.8, 4) is 5.75 Å². The molecule has 0 radical (unpaired) electrons. The normalized spacial score (nSPS) is 20.6. The maximum Gasteiger partial charge on any atom is 0.239 e. The zero-order valence-corrected chi connectivity index (χ0v) is 12.8. The van der Waals surface area contributed by atoms with Gasteiger partial charge in [-0.1, -0.05) is 12.1 Å². The fourth-order valence-corrected chi connectivity index (χ4v) is 2.78. The molecule has 0 aromatic heterocycles.